The van der Waals surface area contributed by atoms with Gasteiger partial charge in [-0.05, 0) is 31.2 Å². The number of rotatable bonds is 7. The average Bonchev–Trinajstić information content (AvgIpc) is 3.24. The Morgan fingerprint density at radius 1 is 1.36 bits per heavy atom. The van der Waals surface area contributed by atoms with Crippen molar-refractivity contribution < 1.29 is 32.6 Å². The summed E-state index contributed by atoms with van der Waals surface area (Å²) in [5, 5.41) is 16.3. The number of nitrogens with one attached hydrogen (secondary N) is 1. The number of nitrogens with zero attached hydrogens (tertiary/aromatic N) is 2. The lowest BCUT2D eigenvalue weighted by Gasteiger charge is -2.14. The molecule has 0 bridgehead atoms. The van der Waals surface area contributed by atoms with Gasteiger partial charge in [0.25, 0.3) is 5.89 Å². The summed E-state index contributed by atoms with van der Waals surface area (Å²) in [6, 6.07) is 4.40. The monoisotopic (exact) mass is 355 g/mol. The summed E-state index contributed by atoms with van der Waals surface area (Å²) in [4.78, 5) is 5.50. The molecule has 2 N–H and O–H groups in total. The fraction of sp³-hybridized carbons (Fsp3) is 0.333. The molecule has 1 unspecified atom stereocenters. The summed E-state index contributed by atoms with van der Waals surface area (Å²) < 4.78 is 39.8. The maximum Gasteiger partial charge on any atom is 0.387 e. The van der Waals surface area contributed by atoms with Crippen molar-refractivity contribution in [3.05, 3.63) is 42.1 Å². The van der Waals surface area contributed by atoms with Gasteiger partial charge in [-0.25, -0.2) is 0 Å². The Kier molecular flexibility index (Phi) is 4.81. The van der Waals surface area contributed by atoms with Crippen molar-refractivity contribution in [1.82, 2.24) is 15.7 Å². The third kappa shape index (κ3) is 3.69. The Labute approximate surface area is 141 Å². The van der Waals surface area contributed by atoms with Gasteiger partial charge in [-0.15, -0.1) is 10.2 Å². The highest BCUT2D eigenvalue weighted by atomic mass is 19.3. The van der Waals surface area contributed by atoms with E-state index in [9.17, 15) is 8.78 Å². The number of halogens is 2. The first-order chi connectivity index (χ1) is 12.0. The summed E-state index contributed by atoms with van der Waals surface area (Å²) in [6.07, 6.45) is 2.90. The third-order valence-corrected chi connectivity index (χ3v) is 3.40. The van der Waals surface area contributed by atoms with Crippen molar-refractivity contribution >= 4 is 5.70 Å². The van der Waals surface area contributed by atoms with Crippen LogP contribution in [0, 0.1) is 0 Å². The van der Waals surface area contributed by atoms with Gasteiger partial charge in [0.15, 0.2) is 17.1 Å². The van der Waals surface area contributed by atoms with Crippen LogP contribution in [0.15, 0.2) is 35.1 Å². The lowest BCUT2D eigenvalue weighted by molar-refractivity contribution is -0.0516. The number of aromatic nitrogens is 2. The second-order valence-corrected chi connectivity index (χ2v) is 5.23. The summed E-state index contributed by atoms with van der Waals surface area (Å²) >= 11 is 0. The molecule has 1 aliphatic heterocycles. The van der Waals surface area contributed by atoms with E-state index in [-0.39, 0.29) is 30.6 Å². The van der Waals surface area contributed by atoms with Crippen LogP contribution >= 0.6 is 0 Å². The number of hydrogen-bond acceptors (Lipinski definition) is 8. The molecule has 3 rings (SSSR count). The molecule has 1 aliphatic rings. The standard InChI is InChI=1S/C15H15F2N3O5/c1-15(13-19-18-8-23-13)7-10(20-25-15)9-2-3-11(24-14(16)17)12(6-9)22-5-4-21/h2-3,6-8,14,20-21H,4-5H2,1H3. The minimum Gasteiger partial charge on any atom is -0.487 e. The zero-order valence-corrected chi connectivity index (χ0v) is 13.1. The van der Waals surface area contributed by atoms with Crippen LogP contribution in [0.25, 0.3) is 5.70 Å². The SMILES string of the molecule is CC1(c2nnco2)C=C(c2ccc(OC(F)F)c(OCCO)c2)NO1. The first-order valence-corrected chi connectivity index (χ1v) is 7.28. The molecule has 1 aromatic heterocycles. The molecule has 2 aromatic rings. The van der Waals surface area contributed by atoms with Crippen LogP contribution < -0.4 is 15.0 Å². The molecule has 2 heterocycles. The third-order valence-electron chi connectivity index (χ3n) is 3.40. The second kappa shape index (κ2) is 7.03. The van der Waals surface area contributed by atoms with Crippen molar-refractivity contribution in [2.45, 2.75) is 19.1 Å². The van der Waals surface area contributed by atoms with Gasteiger partial charge >= 0.3 is 6.61 Å². The number of ether oxygens (including phenoxy) is 2. The Bertz CT molecular complexity index is 754. The van der Waals surface area contributed by atoms with Crippen LogP contribution in [0.4, 0.5) is 8.78 Å². The summed E-state index contributed by atoms with van der Waals surface area (Å²) in [5.41, 5.74) is 2.91. The normalized spacial score (nSPS) is 19.6. The van der Waals surface area contributed by atoms with E-state index in [0.29, 0.717) is 11.3 Å². The molecule has 0 aliphatic carbocycles. The Morgan fingerprint density at radius 2 is 2.20 bits per heavy atom. The number of aliphatic hydroxyl groups is 1. The van der Waals surface area contributed by atoms with Crippen LogP contribution in [0.1, 0.15) is 18.4 Å². The number of hydroxylamine groups is 1. The lowest BCUT2D eigenvalue weighted by atomic mass is 10.0. The zero-order chi connectivity index (χ0) is 17.9. The van der Waals surface area contributed by atoms with Gasteiger partial charge in [0.05, 0.1) is 12.3 Å². The van der Waals surface area contributed by atoms with Gasteiger partial charge in [0.2, 0.25) is 6.39 Å². The minimum absolute atomic E-state index is 0.0638. The molecular weight excluding hydrogens is 340 g/mol. The van der Waals surface area contributed by atoms with Gasteiger partial charge in [0, 0.05) is 5.56 Å². The number of aliphatic hydroxyl groups excluding tert-OH is 1. The van der Waals surface area contributed by atoms with E-state index in [1.54, 1.807) is 19.1 Å². The maximum atomic E-state index is 12.5. The maximum absolute atomic E-state index is 12.5. The van der Waals surface area contributed by atoms with Crippen LogP contribution in [0.3, 0.4) is 0 Å². The van der Waals surface area contributed by atoms with E-state index in [2.05, 4.69) is 20.4 Å². The topological polar surface area (TPSA) is 98.9 Å². The fourth-order valence-electron chi connectivity index (χ4n) is 2.27. The van der Waals surface area contributed by atoms with Crippen LogP contribution in [-0.4, -0.2) is 35.1 Å². The highest BCUT2D eigenvalue weighted by Gasteiger charge is 2.37. The van der Waals surface area contributed by atoms with Crippen LogP contribution in [0.2, 0.25) is 0 Å². The summed E-state index contributed by atoms with van der Waals surface area (Å²) in [7, 11) is 0. The fourth-order valence-corrected chi connectivity index (χ4v) is 2.27. The van der Waals surface area contributed by atoms with Crippen molar-refractivity contribution in [3.63, 3.8) is 0 Å². The van der Waals surface area contributed by atoms with Crippen LogP contribution in [-0.2, 0) is 10.4 Å². The molecule has 1 aromatic carbocycles. The van der Waals surface area contributed by atoms with E-state index in [1.165, 1.54) is 18.5 Å². The first-order valence-electron chi connectivity index (χ1n) is 7.28. The highest BCUT2D eigenvalue weighted by molar-refractivity contribution is 5.68. The largest absolute Gasteiger partial charge is 0.487 e. The van der Waals surface area contributed by atoms with Gasteiger partial charge in [-0.1, -0.05) is 0 Å². The molecule has 0 fully saturated rings. The summed E-state index contributed by atoms with van der Waals surface area (Å²) in [5.74, 6) is 0.191. The molecule has 0 amide bonds. The van der Waals surface area contributed by atoms with Gasteiger partial charge < -0.3 is 19.0 Å². The molecule has 0 saturated carbocycles. The van der Waals surface area contributed by atoms with Crippen molar-refractivity contribution in [2.75, 3.05) is 13.2 Å². The second-order valence-electron chi connectivity index (χ2n) is 5.23. The minimum atomic E-state index is -2.99. The molecule has 8 nitrogen and oxygen atoms in total. The summed E-state index contributed by atoms with van der Waals surface area (Å²) in [6.45, 7) is -1.60. The average molecular weight is 355 g/mol. The molecule has 134 valence electrons. The molecular formula is C15H15F2N3O5. The predicted molar refractivity (Wildman–Crippen MR) is 79.5 cm³/mol. The molecule has 10 heteroatoms. The first kappa shape index (κ1) is 17.1. The highest BCUT2D eigenvalue weighted by Crippen LogP contribution is 2.36. The van der Waals surface area contributed by atoms with Gasteiger partial charge in [-0.3, -0.25) is 10.3 Å². The van der Waals surface area contributed by atoms with E-state index in [4.69, 9.17) is 19.1 Å². The predicted octanol–water partition coefficient (Wildman–Crippen LogP) is 1.83. The number of hydrogen-bond donors (Lipinski definition) is 2. The van der Waals surface area contributed by atoms with E-state index >= 15 is 0 Å². The number of alkyl halides is 2. The zero-order valence-electron chi connectivity index (χ0n) is 13.1. The molecule has 0 radical (unpaired) electrons. The molecule has 25 heavy (non-hydrogen) atoms. The van der Waals surface area contributed by atoms with Crippen molar-refractivity contribution in [3.8, 4) is 11.5 Å². The Hall–Kier alpha value is -2.72. The molecule has 1 atom stereocenters. The van der Waals surface area contributed by atoms with E-state index in [1.807, 2.05) is 0 Å². The smallest absolute Gasteiger partial charge is 0.387 e. The van der Waals surface area contributed by atoms with Gasteiger partial charge in [-0.2, -0.15) is 8.78 Å². The van der Waals surface area contributed by atoms with E-state index in [0.717, 1.165) is 0 Å². The van der Waals surface area contributed by atoms with Crippen molar-refractivity contribution in [1.29, 1.82) is 0 Å². The Morgan fingerprint density at radius 3 is 2.88 bits per heavy atom. The lowest BCUT2D eigenvalue weighted by Crippen LogP contribution is -2.23. The Balaban J connectivity index is 1.89. The van der Waals surface area contributed by atoms with Gasteiger partial charge in [0.1, 0.15) is 6.61 Å². The quantitative estimate of drug-likeness (QED) is 0.776. The van der Waals surface area contributed by atoms with E-state index < -0.39 is 12.2 Å². The molecule has 0 saturated heterocycles. The number of benzene rings is 1. The van der Waals surface area contributed by atoms with Crippen LogP contribution in [0.5, 0.6) is 11.5 Å². The van der Waals surface area contributed by atoms with Crippen molar-refractivity contribution in [2.24, 2.45) is 0 Å². The molecule has 0 spiro atoms.